The molecule has 2 aliphatic rings. The molecule has 0 aromatic heterocycles. The number of carbonyl (C=O) groups excluding carboxylic acids is 3. The van der Waals surface area contributed by atoms with Gasteiger partial charge in [0.15, 0.2) is 0 Å². The van der Waals surface area contributed by atoms with Gasteiger partial charge in [-0.05, 0) is 43.9 Å². The number of hydrogen-bond donors (Lipinski definition) is 2. The second-order valence-electron chi connectivity index (χ2n) is 8.02. The predicted molar refractivity (Wildman–Crippen MR) is 115 cm³/mol. The van der Waals surface area contributed by atoms with Crippen molar-refractivity contribution in [3.63, 3.8) is 0 Å². The van der Waals surface area contributed by atoms with Gasteiger partial charge in [-0.15, -0.1) is 0 Å². The third kappa shape index (κ3) is 5.01. The standard InChI is InChI=1S/C23H31N3O4/c1-4-30-22(28)20-15(2)26(3)23(29)25-21(20)17-10-7-11-18(14-17)24-19(27)13-12-16-8-5-6-9-16/h7,10-11,14,16,21H,4-6,8-9,12-13H2,1-3H3,(H,24,27)(H,25,29)/t21-/m1/s1. The molecule has 3 rings (SSSR count). The molecular formula is C23H31N3O4. The zero-order valence-electron chi connectivity index (χ0n) is 18.0. The average molecular weight is 414 g/mol. The number of urea groups is 1. The van der Waals surface area contributed by atoms with Crippen LogP contribution in [0, 0.1) is 5.92 Å². The molecule has 1 aliphatic carbocycles. The van der Waals surface area contributed by atoms with Gasteiger partial charge in [0.2, 0.25) is 5.91 Å². The molecule has 2 N–H and O–H groups in total. The van der Waals surface area contributed by atoms with Crippen LogP contribution in [0.3, 0.4) is 0 Å². The van der Waals surface area contributed by atoms with Gasteiger partial charge in [0.25, 0.3) is 0 Å². The zero-order valence-corrected chi connectivity index (χ0v) is 18.0. The summed E-state index contributed by atoms with van der Waals surface area (Å²) in [5.74, 6) is 0.193. The topological polar surface area (TPSA) is 87.7 Å². The molecule has 7 nitrogen and oxygen atoms in total. The van der Waals surface area contributed by atoms with Gasteiger partial charge in [0.05, 0.1) is 18.2 Å². The van der Waals surface area contributed by atoms with Crippen LogP contribution < -0.4 is 10.6 Å². The minimum Gasteiger partial charge on any atom is -0.463 e. The molecule has 1 heterocycles. The Morgan fingerprint density at radius 2 is 2.00 bits per heavy atom. The Balaban J connectivity index is 1.76. The number of carbonyl (C=O) groups is 3. The van der Waals surface area contributed by atoms with Crippen LogP contribution in [-0.4, -0.2) is 36.5 Å². The summed E-state index contributed by atoms with van der Waals surface area (Å²) in [6, 6.07) is 6.33. The molecule has 0 unspecified atom stereocenters. The molecule has 0 spiro atoms. The normalized spacial score (nSPS) is 19.6. The van der Waals surface area contributed by atoms with Gasteiger partial charge in [-0.3, -0.25) is 4.79 Å². The molecule has 1 aliphatic heterocycles. The van der Waals surface area contributed by atoms with E-state index in [1.54, 1.807) is 27.0 Å². The number of nitrogens with zero attached hydrogens (tertiary/aromatic N) is 1. The molecule has 1 aromatic carbocycles. The summed E-state index contributed by atoms with van der Waals surface area (Å²) in [5, 5.41) is 5.81. The van der Waals surface area contributed by atoms with E-state index < -0.39 is 12.0 Å². The number of nitrogens with one attached hydrogen (secondary N) is 2. The van der Waals surface area contributed by atoms with Crippen molar-refractivity contribution in [1.29, 1.82) is 0 Å². The van der Waals surface area contributed by atoms with Crippen molar-refractivity contribution in [3.05, 3.63) is 41.1 Å². The second-order valence-corrected chi connectivity index (χ2v) is 8.02. The van der Waals surface area contributed by atoms with E-state index in [9.17, 15) is 14.4 Å². The second kappa shape index (κ2) is 9.78. The van der Waals surface area contributed by atoms with Crippen LogP contribution in [0.25, 0.3) is 0 Å². The summed E-state index contributed by atoms with van der Waals surface area (Å²) in [4.78, 5) is 38.7. The predicted octanol–water partition coefficient (Wildman–Crippen LogP) is 4.13. The molecule has 7 heteroatoms. The number of amides is 3. The quantitative estimate of drug-likeness (QED) is 0.658. The highest BCUT2D eigenvalue weighted by atomic mass is 16.5. The molecule has 30 heavy (non-hydrogen) atoms. The van der Waals surface area contributed by atoms with Crippen molar-refractivity contribution in [2.75, 3.05) is 19.0 Å². The van der Waals surface area contributed by atoms with Gasteiger partial charge in [0.1, 0.15) is 0 Å². The first-order valence-corrected chi connectivity index (χ1v) is 10.7. The lowest BCUT2D eigenvalue weighted by molar-refractivity contribution is -0.139. The number of rotatable bonds is 7. The van der Waals surface area contributed by atoms with E-state index in [-0.39, 0.29) is 18.5 Å². The third-order valence-electron chi connectivity index (χ3n) is 6.01. The lowest BCUT2D eigenvalue weighted by Crippen LogP contribution is -2.46. The Hall–Kier alpha value is -2.83. The minimum absolute atomic E-state index is 0.0104. The Kier molecular flexibility index (Phi) is 7.13. The summed E-state index contributed by atoms with van der Waals surface area (Å²) in [5.41, 5.74) is 2.31. The van der Waals surface area contributed by atoms with Crippen molar-refractivity contribution >= 4 is 23.6 Å². The van der Waals surface area contributed by atoms with Crippen LogP contribution in [0.15, 0.2) is 35.5 Å². The molecule has 1 aromatic rings. The average Bonchev–Trinajstić information content (AvgIpc) is 3.24. The van der Waals surface area contributed by atoms with E-state index in [4.69, 9.17) is 4.74 Å². The van der Waals surface area contributed by atoms with Crippen molar-refractivity contribution in [2.24, 2.45) is 5.92 Å². The van der Waals surface area contributed by atoms with Crippen LogP contribution in [0.5, 0.6) is 0 Å². The van der Waals surface area contributed by atoms with Crippen molar-refractivity contribution < 1.29 is 19.1 Å². The van der Waals surface area contributed by atoms with Crippen molar-refractivity contribution in [2.45, 2.75) is 58.4 Å². The fourth-order valence-corrected chi connectivity index (χ4v) is 4.21. The van der Waals surface area contributed by atoms with Crippen LogP contribution in [0.4, 0.5) is 10.5 Å². The largest absolute Gasteiger partial charge is 0.463 e. The number of anilines is 1. The van der Waals surface area contributed by atoms with Gasteiger partial charge < -0.3 is 20.3 Å². The van der Waals surface area contributed by atoms with Crippen molar-refractivity contribution in [1.82, 2.24) is 10.2 Å². The zero-order chi connectivity index (χ0) is 21.7. The van der Waals surface area contributed by atoms with Gasteiger partial charge in [0, 0.05) is 24.9 Å². The van der Waals surface area contributed by atoms with Crippen LogP contribution in [-0.2, 0) is 14.3 Å². The molecule has 1 fully saturated rings. The van der Waals surface area contributed by atoms with Crippen LogP contribution >= 0.6 is 0 Å². The fraction of sp³-hybridized carbons (Fsp3) is 0.522. The SMILES string of the molecule is CCOC(=O)C1=C(C)N(C)C(=O)N[C@@H]1c1cccc(NC(=O)CCC2CCCC2)c1. The summed E-state index contributed by atoms with van der Waals surface area (Å²) in [7, 11) is 1.61. The Morgan fingerprint density at radius 3 is 2.70 bits per heavy atom. The number of hydrogen-bond acceptors (Lipinski definition) is 4. The Labute approximate surface area is 177 Å². The molecular weight excluding hydrogens is 382 g/mol. The maximum Gasteiger partial charge on any atom is 0.338 e. The molecule has 162 valence electrons. The smallest absolute Gasteiger partial charge is 0.338 e. The van der Waals surface area contributed by atoms with E-state index in [1.807, 2.05) is 18.2 Å². The van der Waals surface area contributed by atoms with E-state index >= 15 is 0 Å². The maximum absolute atomic E-state index is 12.6. The summed E-state index contributed by atoms with van der Waals surface area (Å²) >= 11 is 0. The van der Waals surface area contributed by atoms with E-state index in [2.05, 4.69) is 10.6 Å². The number of ether oxygens (including phenoxy) is 1. The highest BCUT2D eigenvalue weighted by molar-refractivity contribution is 5.95. The maximum atomic E-state index is 12.6. The number of allylic oxidation sites excluding steroid dienone is 1. The minimum atomic E-state index is -0.636. The Bertz CT molecular complexity index is 843. The highest BCUT2D eigenvalue weighted by Gasteiger charge is 2.35. The van der Waals surface area contributed by atoms with Gasteiger partial charge in [-0.25, -0.2) is 9.59 Å². The fourth-order valence-electron chi connectivity index (χ4n) is 4.21. The number of benzene rings is 1. The van der Waals surface area contributed by atoms with E-state index in [0.717, 1.165) is 6.42 Å². The lowest BCUT2D eigenvalue weighted by atomic mass is 9.94. The molecule has 1 atom stereocenters. The molecule has 3 amide bonds. The summed E-state index contributed by atoms with van der Waals surface area (Å²) < 4.78 is 5.22. The van der Waals surface area contributed by atoms with Crippen LogP contribution in [0.2, 0.25) is 0 Å². The summed E-state index contributed by atoms with van der Waals surface area (Å²) in [6.07, 6.45) is 6.42. The molecule has 1 saturated carbocycles. The Morgan fingerprint density at radius 1 is 1.27 bits per heavy atom. The van der Waals surface area contributed by atoms with Gasteiger partial charge in [-0.1, -0.05) is 37.8 Å². The van der Waals surface area contributed by atoms with E-state index in [1.165, 1.54) is 30.6 Å². The summed E-state index contributed by atoms with van der Waals surface area (Å²) in [6.45, 7) is 3.72. The first kappa shape index (κ1) is 21.9. The number of esters is 1. The van der Waals surface area contributed by atoms with Gasteiger partial charge >= 0.3 is 12.0 Å². The molecule has 0 radical (unpaired) electrons. The monoisotopic (exact) mass is 413 g/mol. The van der Waals surface area contributed by atoms with E-state index in [0.29, 0.717) is 34.9 Å². The van der Waals surface area contributed by atoms with Crippen LogP contribution in [0.1, 0.15) is 64.0 Å². The molecule has 0 bridgehead atoms. The first-order chi connectivity index (χ1) is 14.4. The van der Waals surface area contributed by atoms with Gasteiger partial charge in [-0.2, -0.15) is 0 Å². The molecule has 0 saturated heterocycles. The van der Waals surface area contributed by atoms with Crippen molar-refractivity contribution in [3.8, 4) is 0 Å². The first-order valence-electron chi connectivity index (χ1n) is 10.7. The highest BCUT2D eigenvalue weighted by Crippen LogP contribution is 2.32. The lowest BCUT2D eigenvalue weighted by Gasteiger charge is -2.33. The third-order valence-corrected chi connectivity index (χ3v) is 6.01.